The summed E-state index contributed by atoms with van der Waals surface area (Å²) < 4.78 is 34.3. The number of halogens is 1. The number of rotatable bonds is 12. The summed E-state index contributed by atoms with van der Waals surface area (Å²) in [7, 11) is 0. The van der Waals surface area contributed by atoms with Crippen LogP contribution < -0.4 is 4.74 Å². The number of hydrogen-bond acceptors (Lipinski definition) is 5. The lowest BCUT2D eigenvalue weighted by Crippen LogP contribution is -2.13. The van der Waals surface area contributed by atoms with Gasteiger partial charge in [-0.05, 0) is 24.6 Å². The first kappa shape index (κ1) is 17.8. The molecule has 1 aromatic carbocycles. The van der Waals surface area contributed by atoms with Crippen molar-refractivity contribution in [2.24, 2.45) is 0 Å². The molecule has 1 rings (SSSR count). The third-order valence-electron chi connectivity index (χ3n) is 2.55. The van der Waals surface area contributed by atoms with Crippen molar-refractivity contribution in [2.75, 3.05) is 52.9 Å². The first-order valence-electron chi connectivity index (χ1n) is 6.97. The van der Waals surface area contributed by atoms with E-state index < -0.39 is 0 Å². The van der Waals surface area contributed by atoms with Crippen LogP contribution in [0, 0.1) is 12.7 Å². The highest BCUT2D eigenvalue weighted by Gasteiger charge is 2.02. The van der Waals surface area contributed by atoms with Gasteiger partial charge >= 0.3 is 0 Å². The molecule has 6 heteroatoms. The summed E-state index contributed by atoms with van der Waals surface area (Å²) in [6.45, 7) is 4.66. The van der Waals surface area contributed by atoms with Gasteiger partial charge in [0.05, 0.1) is 46.2 Å². The van der Waals surface area contributed by atoms with E-state index in [1.54, 1.807) is 12.1 Å². The third kappa shape index (κ3) is 8.62. The Balaban J connectivity index is 1.93. The van der Waals surface area contributed by atoms with Gasteiger partial charge in [-0.3, -0.25) is 0 Å². The highest BCUT2D eigenvalue weighted by molar-refractivity contribution is 5.28. The van der Waals surface area contributed by atoms with Crippen molar-refractivity contribution in [3.63, 3.8) is 0 Å². The monoisotopic (exact) mass is 302 g/mol. The molecule has 1 aromatic rings. The van der Waals surface area contributed by atoms with E-state index in [0.29, 0.717) is 46.2 Å². The van der Waals surface area contributed by atoms with Crippen LogP contribution in [0.1, 0.15) is 5.56 Å². The van der Waals surface area contributed by atoms with Gasteiger partial charge in [0.15, 0.2) is 11.6 Å². The predicted octanol–water partition coefficient (Wildman–Crippen LogP) is 1.56. The minimum absolute atomic E-state index is 0.0185. The topological polar surface area (TPSA) is 57.2 Å². The molecule has 0 bridgehead atoms. The van der Waals surface area contributed by atoms with E-state index in [9.17, 15) is 4.39 Å². The first-order chi connectivity index (χ1) is 10.2. The van der Waals surface area contributed by atoms with E-state index in [0.717, 1.165) is 5.56 Å². The maximum Gasteiger partial charge on any atom is 0.165 e. The van der Waals surface area contributed by atoms with Crippen LogP contribution in [0.2, 0.25) is 0 Å². The molecule has 0 amide bonds. The molecule has 0 aliphatic rings. The summed E-state index contributed by atoms with van der Waals surface area (Å²) in [6.07, 6.45) is 0. The SMILES string of the molecule is Cc1ccc(OCCOCCOCCOCCO)c(F)c1. The highest BCUT2D eigenvalue weighted by atomic mass is 19.1. The van der Waals surface area contributed by atoms with Crippen molar-refractivity contribution in [3.8, 4) is 5.75 Å². The van der Waals surface area contributed by atoms with Gasteiger partial charge in [0.1, 0.15) is 6.61 Å². The van der Waals surface area contributed by atoms with E-state index in [2.05, 4.69) is 0 Å². The molecule has 0 saturated carbocycles. The number of aryl methyl sites for hydroxylation is 1. The quantitative estimate of drug-likeness (QED) is 0.594. The fourth-order valence-corrected chi connectivity index (χ4v) is 1.54. The molecule has 0 fully saturated rings. The standard InChI is InChI=1S/C15H23FO5/c1-13-2-3-15(14(16)12-13)21-11-10-20-9-8-19-7-6-18-5-4-17/h2-3,12,17H,4-11H2,1H3. The van der Waals surface area contributed by atoms with E-state index in [1.165, 1.54) is 6.07 Å². The van der Waals surface area contributed by atoms with E-state index >= 15 is 0 Å². The molecule has 0 unspecified atom stereocenters. The molecule has 0 aliphatic carbocycles. The second-order valence-corrected chi connectivity index (χ2v) is 4.34. The van der Waals surface area contributed by atoms with Crippen LogP contribution in [0.15, 0.2) is 18.2 Å². The molecule has 0 aliphatic heterocycles. The molecule has 0 radical (unpaired) electrons. The lowest BCUT2D eigenvalue weighted by molar-refractivity contribution is 0.00346. The van der Waals surface area contributed by atoms with Crippen LogP contribution in [0.4, 0.5) is 4.39 Å². The summed E-state index contributed by atoms with van der Waals surface area (Å²) in [4.78, 5) is 0. The smallest absolute Gasteiger partial charge is 0.165 e. The first-order valence-corrected chi connectivity index (χ1v) is 6.97. The summed E-state index contributed by atoms with van der Waals surface area (Å²) >= 11 is 0. The van der Waals surface area contributed by atoms with Crippen LogP contribution >= 0.6 is 0 Å². The number of ether oxygens (including phenoxy) is 4. The summed E-state index contributed by atoms with van der Waals surface area (Å²) in [6, 6.07) is 4.84. The van der Waals surface area contributed by atoms with Gasteiger partial charge in [-0.15, -0.1) is 0 Å². The summed E-state index contributed by atoms with van der Waals surface area (Å²) in [5.41, 5.74) is 0.858. The maximum absolute atomic E-state index is 13.4. The third-order valence-corrected chi connectivity index (χ3v) is 2.55. The predicted molar refractivity (Wildman–Crippen MR) is 76.2 cm³/mol. The Morgan fingerprint density at radius 1 is 0.905 bits per heavy atom. The van der Waals surface area contributed by atoms with Crippen LogP contribution in [0.25, 0.3) is 0 Å². The fourth-order valence-electron chi connectivity index (χ4n) is 1.54. The van der Waals surface area contributed by atoms with Crippen molar-refractivity contribution in [1.29, 1.82) is 0 Å². The minimum Gasteiger partial charge on any atom is -0.488 e. The van der Waals surface area contributed by atoms with Crippen molar-refractivity contribution in [3.05, 3.63) is 29.6 Å². The van der Waals surface area contributed by atoms with E-state index in [-0.39, 0.29) is 18.2 Å². The van der Waals surface area contributed by atoms with Gasteiger partial charge in [0.25, 0.3) is 0 Å². The maximum atomic E-state index is 13.4. The average Bonchev–Trinajstić information content (AvgIpc) is 2.46. The lowest BCUT2D eigenvalue weighted by Gasteiger charge is -2.09. The Morgan fingerprint density at radius 3 is 2.05 bits per heavy atom. The second-order valence-electron chi connectivity index (χ2n) is 4.34. The van der Waals surface area contributed by atoms with E-state index in [4.69, 9.17) is 24.1 Å². The van der Waals surface area contributed by atoms with Gasteiger partial charge in [-0.2, -0.15) is 0 Å². The van der Waals surface area contributed by atoms with E-state index in [1.807, 2.05) is 6.92 Å². The van der Waals surface area contributed by atoms with Gasteiger partial charge in [0.2, 0.25) is 0 Å². The normalized spacial score (nSPS) is 10.8. The molecular weight excluding hydrogens is 279 g/mol. The average molecular weight is 302 g/mol. The van der Waals surface area contributed by atoms with Crippen molar-refractivity contribution in [1.82, 2.24) is 0 Å². The second kappa shape index (κ2) is 11.4. The number of hydrogen-bond donors (Lipinski definition) is 1. The van der Waals surface area contributed by atoms with Crippen LogP contribution in [-0.4, -0.2) is 58.0 Å². The van der Waals surface area contributed by atoms with Gasteiger partial charge in [-0.25, -0.2) is 4.39 Å². The molecule has 21 heavy (non-hydrogen) atoms. The number of benzene rings is 1. The van der Waals surface area contributed by atoms with Gasteiger partial charge in [-0.1, -0.05) is 6.07 Å². The van der Waals surface area contributed by atoms with Crippen molar-refractivity contribution >= 4 is 0 Å². The number of aliphatic hydroxyl groups excluding tert-OH is 1. The lowest BCUT2D eigenvalue weighted by atomic mass is 10.2. The molecule has 5 nitrogen and oxygen atoms in total. The van der Waals surface area contributed by atoms with Gasteiger partial charge in [0, 0.05) is 0 Å². The molecule has 0 saturated heterocycles. The van der Waals surface area contributed by atoms with Crippen molar-refractivity contribution < 1.29 is 28.4 Å². The van der Waals surface area contributed by atoms with Crippen molar-refractivity contribution in [2.45, 2.75) is 6.92 Å². The molecule has 0 aromatic heterocycles. The Hall–Kier alpha value is -1.21. The highest BCUT2D eigenvalue weighted by Crippen LogP contribution is 2.17. The molecular formula is C15H23FO5. The zero-order chi connectivity index (χ0) is 15.3. The van der Waals surface area contributed by atoms with Crippen LogP contribution in [-0.2, 0) is 14.2 Å². The Bertz CT molecular complexity index is 386. The largest absolute Gasteiger partial charge is 0.488 e. The Morgan fingerprint density at radius 2 is 1.48 bits per heavy atom. The minimum atomic E-state index is -0.360. The fraction of sp³-hybridized carbons (Fsp3) is 0.600. The Kier molecular flexibility index (Phi) is 9.73. The zero-order valence-corrected chi connectivity index (χ0v) is 12.3. The van der Waals surface area contributed by atoms with Gasteiger partial charge < -0.3 is 24.1 Å². The Labute approximate surface area is 124 Å². The molecule has 0 spiro atoms. The molecule has 0 atom stereocenters. The molecule has 0 heterocycles. The van der Waals surface area contributed by atoms with Crippen LogP contribution in [0.3, 0.4) is 0 Å². The summed E-state index contributed by atoms with van der Waals surface area (Å²) in [5.74, 6) is -0.123. The zero-order valence-electron chi connectivity index (χ0n) is 12.3. The number of aliphatic hydroxyl groups is 1. The molecule has 120 valence electrons. The molecule has 1 N–H and O–H groups in total. The summed E-state index contributed by atoms with van der Waals surface area (Å²) in [5, 5.41) is 8.48. The van der Waals surface area contributed by atoms with Crippen LogP contribution in [0.5, 0.6) is 5.75 Å².